The highest BCUT2D eigenvalue weighted by atomic mass is 19.1. The second-order valence-electron chi connectivity index (χ2n) is 8.89. The maximum absolute atomic E-state index is 13.3. The number of piperidine rings is 1. The molecule has 9 heteroatoms. The van der Waals surface area contributed by atoms with Crippen LogP contribution >= 0.6 is 0 Å². The van der Waals surface area contributed by atoms with Gasteiger partial charge >= 0.3 is 0 Å². The number of anilines is 2. The van der Waals surface area contributed by atoms with Crippen LogP contribution in [0, 0.1) is 5.82 Å². The summed E-state index contributed by atoms with van der Waals surface area (Å²) in [5.41, 5.74) is 14.8. The molecule has 8 nitrogen and oxygen atoms in total. The maximum Gasteiger partial charge on any atom is 0.254 e. The van der Waals surface area contributed by atoms with Gasteiger partial charge < -0.3 is 21.8 Å². The number of rotatable bonds is 7. The van der Waals surface area contributed by atoms with Crippen LogP contribution in [0.2, 0.25) is 0 Å². The van der Waals surface area contributed by atoms with E-state index in [4.69, 9.17) is 11.5 Å². The smallest absolute Gasteiger partial charge is 0.254 e. The molecule has 1 saturated heterocycles. The molecule has 1 amide bonds. The number of nitrogens with two attached hydrogens (primary N) is 2. The number of fused-ring (bicyclic) bond motifs is 1. The number of aromatic nitrogens is 3. The van der Waals surface area contributed by atoms with Gasteiger partial charge in [-0.2, -0.15) is 5.10 Å². The normalized spacial score (nSPS) is 16.1. The van der Waals surface area contributed by atoms with Gasteiger partial charge in [-0.25, -0.2) is 4.39 Å². The summed E-state index contributed by atoms with van der Waals surface area (Å²) in [4.78, 5) is 17.8. The highest BCUT2D eigenvalue weighted by molar-refractivity contribution is 5.98. The standard InChI is InChI=1S/C25H28FN7O/c26-18-4-6-19(7-5-18)30-24-21(23(28)34)15-33(31-24)25(16-27)9-12-32(13-10-25)14-17-2-1-3-22-20(17)8-11-29-22/h1-8,11,15,29H,9-10,12-14,16,27H2,(H2,28,34)(H,30,31). The monoisotopic (exact) mass is 461 g/mol. The zero-order chi connectivity index (χ0) is 23.7. The molecule has 0 spiro atoms. The topological polar surface area (TPSA) is 118 Å². The van der Waals surface area contributed by atoms with Crippen molar-refractivity contribution in [1.82, 2.24) is 19.7 Å². The predicted molar refractivity (Wildman–Crippen MR) is 130 cm³/mol. The van der Waals surface area contributed by atoms with Gasteiger partial charge in [0.05, 0.1) is 5.54 Å². The number of nitrogens with one attached hydrogen (secondary N) is 2. The Morgan fingerprint density at radius 3 is 2.62 bits per heavy atom. The van der Waals surface area contributed by atoms with Gasteiger partial charge in [-0.1, -0.05) is 12.1 Å². The lowest BCUT2D eigenvalue weighted by molar-refractivity contribution is 0.0985. The van der Waals surface area contributed by atoms with E-state index in [1.54, 1.807) is 23.0 Å². The number of benzene rings is 2. The fourth-order valence-electron chi connectivity index (χ4n) is 4.74. The van der Waals surface area contributed by atoms with Gasteiger partial charge in [-0.15, -0.1) is 0 Å². The van der Waals surface area contributed by atoms with Crippen LogP contribution in [0.25, 0.3) is 10.9 Å². The number of halogens is 1. The summed E-state index contributed by atoms with van der Waals surface area (Å²) in [7, 11) is 0. The fraction of sp³-hybridized carbons (Fsp3) is 0.280. The Hall–Kier alpha value is -3.69. The third kappa shape index (κ3) is 4.15. The van der Waals surface area contributed by atoms with E-state index in [1.807, 2.05) is 6.20 Å². The Morgan fingerprint density at radius 2 is 1.91 bits per heavy atom. The lowest BCUT2D eigenvalue weighted by Gasteiger charge is -2.41. The Kier molecular flexibility index (Phi) is 5.80. The van der Waals surface area contributed by atoms with Gasteiger partial charge in [0, 0.05) is 55.2 Å². The average molecular weight is 462 g/mol. The number of carbonyl (C=O) groups excluding carboxylic acids is 1. The molecule has 2 aromatic carbocycles. The Balaban J connectivity index is 1.35. The first-order valence-electron chi connectivity index (χ1n) is 11.4. The molecule has 1 aliphatic heterocycles. The SMILES string of the molecule is NCC1(n2cc(C(N)=O)c(Nc3ccc(F)cc3)n2)CCN(Cc2cccc3[nH]ccc23)CC1. The molecule has 1 aliphatic rings. The van der Waals surface area contributed by atoms with Gasteiger partial charge in [-0.3, -0.25) is 14.4 Å². The van der Waals surface area contributed by atoms with Crippen molar-refractivity contribution < 1.29 is 9.18 Å². The third-order valence-corrected chi connectivity index (χ3v) is 6.82. The van der Waals surface area contributed by atoms with Crippen molar-refractivity contribution >= 4 is 28.3 Å². The first kappa shape index (κ1) is 22.1. The summed E-state index contributed by atoms with van der Waals surface area (Å²) in [6.45, 7) is 2.96. The Morgan fingerprint density at radius 1 is 1.15 bits per heavy atom. The molecule has 2 aromatic heterocycles. The largest absolute Gasteiger partial charge is 0.365 e. The van der Waals surface area contributed by atoms with Crippen molar-refractivity contribution in [1.29, 1.82) is 0 Å². The number of likely N-dealkylation sites (tertiary alicyclic amines) is 1. The number of carbonyl (C=O) groups is 1. The van der Waals surface area contributed by atoms with Crippen molar-refractivity contribution in [3.63, 3.8) is 0 Å². The summed E-state index contributed by atoms with van der Waals surface area (Å²) < 4.78 is 15.1. The minimum atomic E-state index is -0.583. The second kappa shape index (κ2) is 8.92. The molecule has 176 valence electrons. The molecule has 0 atom stereocenters. The molecular weight excluding hydrogens is 433 g/mol. The number of primary amides is 1. The van der Waals surface area contributed by atoms with E-state index < -0.39 is 11.4 Å². The molecule has 0 saturated carbocycles. The van der Waals surface area contributed by atoms with Gasteiger partial charge in [0.2, 0.25) is 0 Å². The van der Waals surface area contributed by atoms with Gasteiger partial charge in [0.15, 0.2) is 5.82 Å². The van der Waals surface area contributed by atoms with Crippen LogP contribution in [0.3, 0.4) is 0 Å². The molecule has 0 radical (unpaired) electrons. The number of H-pyrrole nitrogens is 1. The van der Waals surface area contributed by atoms with Crippen molar-refractivity contribution in [2.75, 3.05) is 25.0 Å². The van der Waals surface area contributed by atoms with E-state index in [-0.39, 0.29) is 11.4 Å². The molecule has 6 N–H and O–H groups in total. The number of nitrogens with zero attached hydrogens (tertiary/aromatic N) is 3. The van der Waals surface area contributed by atoms with Crippen molar-refractivity contribution in [3.05, 3.63) is 77.9 Å². The van der Waals surface area contributed by atoms with Crippen molar-refractivity contribution in [2.45, 2.75) is 24.9 Å². The molecule has 0 unspecified atom stereocenters. The van der Waals surface area contributed by atoms with Crippen molar-refractivity contribution in [3.8, 4) is 0 Å². The van der Waals surface area contributed by atoms with Crippen molar-refractivity contribution in [2.24, 2.45) is 11.5 Å². The maximum atomic E-state index is 13.3. The molecule has 5 rings (SSSR count). The number of hydrogen-bond donors (Lipinski definition) is 4. The first-order valence-corrected chi connectivity index (χ1v) is 11.4. The molecule has 1 fully saturated rings. The van der Waals surface area contributed by atoms with Crippen LogP contribution in [0.5, 0.6) is 0 Å². The van der Waals surface area contributed by atoms with E-state index in [9.17, 15) is 9.18 Å². The lowest BCUT2D eigenvalue weighted by Crippen LogP contribution is -2.50. The van der Waals surface area contributed by atoms with Gasteiger partial charge in [0.1, 0.15) is 11.4 Å². The van der Waals surface area contributed by atoms with Crippen LogP contribution < -0.4 is 16.8 Å². The van der Waals surface area contributed by atoms with Crippen LogP contribution in [0.1, 0.15) is 28.8 Å². The van der Waals surface area contributed by atoms with Crippen LogP contribution in [-0.4, -0.2) is 45.2 Å². The highest BCUT2D eigenvalue weighted by Gasteiger charge is 2.37. The summed E-state index contributed by atoms with van der Waals surface area (Å²) in [6, 6.07) is 14.3. The first-order chi connectivity index (χ1) is 16.5. The predicted octanol–water partition coefficient (Wildman–Crippen LogP) is 3.30. The Bertz CT molecular complexity index is 1300. The summed E-state index contributed by atoms with van der Waals surface area (Å²) >= 11 is 0. The van der Waals surface area contributed by atoms with E-state index in [2.05, 4.69) is 44.6 Å². The lowest BCUT2D eigenvalue weighted by atomic mass is 9.87. The van der Waals surface area contributed by atoms with Gasteiger partial charge in [-0.05, 0) is 54.8 Å². The molecule has 3 heterocycles. The minimum Gasteiger partial charge on any atom is -0.365 e. The highest BCUT2D eigenvalue weighted by Crippen LogP contribution is 2.32. The molecule has 34 heavy (non-hydrogen) atoms. The zero-order valence-corrected chi connectivity index (χ0v) is 18.8. The van der Waals surface area contributed by atoms with E-state index >= 15 is 0 Å². The van der Waals surface area contributed by atoms with E-state index in [0.29, 0.717) is 18.1 Å². The number of amides is 1. The average Bonchev–Trinajstić information content (AvgIpc) is 3.50. The minimum absolute atomic E-state index is 0.277. The fourth-order valence-corrected chi connectivity index (χ4v) is 4.74. The zero-order valence-electron chi connectivity index (χ0n) is 18.8. The van der Waals surface area contributed by atoms with E-state index in [0.717, 1.165) is 38.0 Å². The molecule has 4 aromatic rings. The Labute approximate surface area is 196 Å². The summed E-state index contributed by atoms with van der Waals surface area (Å²) in [5.74, 6) is -0.582. The summed E-state index contributed by atoms with van der Waals surface area (Å²) in [6.07, 6.45) is 5.23. The van der Waals surface area contributed by atoms with Crippen LogP contribution in [-0.2, 0) is 12.1 Å². The molecule has 0 bridgehead atoms. The second-order valence-corrected chi connectivity index (χ2v) is 8.89. The third-order valence-electron chi connectivity index (χ3n) is 6.82. The van der Waals surface area contributed by atoms with Crippen LogP contribution in [0.4, 0.5) is 15.9 Å². The molecular formula is C25H28FN7O. The molecule has 0 aliphatic carbocycles. The summed E-state index contributed by atoms with van der Waals surface area (Å²) in [5, 5.41) is 8.99. The quantitative estimate of drug-likeness (QED) is 0.337. The number of aromatic amines is 1. The number of hydrogen-bond acceptors (Lipinski definition) is 5. The van der Waals surface area contributed by atoms with E-state index in [1.165, 1.54) is 23.1 Å². The van der Waals surface area contributed by atoms with Crippen LogP contribution in [0.15, 0.2) is 60.9 Å². The van der Waals surface area contributed by atoms with Gasteiger partial charge in [0.25, 0.3) is 5.91 Å².